The van der Waals surface area contributed by atoms with Crippen molar-refractivity contribution in [3.8, 4) is 0 Å². The van der Waals surface area contributed by atoms with Crippen LogP contribution in [-0.4, -0.2) is 16.3 Å². The van der Waals surface area contributed by atoms with Gasteiger partial charge < -0.3 is 5.32 Å². The molecule has 1 saturated carbocycles. The van der Waals surface area contributed by atoms with E-state index < -0.39 is 0 Å². The van der Waals surface area contributed by atoms with E-state index in [2.05, 4.69) is 23.5 Å². The van der Waals surface area contributed by atoms with Gasteiger partial charge in [-0.1, -0.05) is 6.92 Å². The predicted octanol–water partition coefficient (Wildman–Crippen LogP) is 2.12. The molecule has 1 heterocycles. The summed E-state index contributed by atoms with van der Waals surface area (Å²) < 4.78 is 1.85. The summed E-state index contributed by atoms with van der Waals surface area (Å²) >= 11 is 0. The molecular formula is C11H20ClN3. The molecule has 0 atom stereocenters. The van der Waals surface area contributed by atoms with E-state index in [4.69, 9.17) is 0 Å². The molecule has 3 nitrogen and oxygen atoms in total. The smallest absolute Gasteiger partial charge is 0.0534 e. The highest BCUT2D eigenvalue weighted by atomic mass is 35.5. The molecule has 0 saturated heterocycles. The molecule has 2 rings (SSSR count). The van der Waals surface area contributed by atoms with Crippen LogP contribution < -0.4 is 5.32 Å². The van der Waals surface area contributed by atoms with Gasteiger partial charge in [0, 0.05) is 31.9 Å². The monoisotopic (exact) mass is 229 g/mol. The fraction of sp³-hybridized carbons (Fsp3) is 0.727. The van der Waals surface area contributed by atoms with Crippen LogP contribution in [0, 0.1) is 5.41 Å². The molecule has 0 unspecified atom stereocenters. The average molecular weight is 230 g/mol. The predicted molar refractivity (Wildman–Crippen MR) is 64.1 cm³/mol. The van der Waals surface area contributed by atoms with E-state index >= 15 is 0 Å². The molecule has 0 aromatic carbocycles. The minimum Gasteiger partial charge on any atom is -0.312 e. The lowest BCUT2D eigenvalue weighted by Gasteiger charge is -2.12. The molecule has 1 fully saturated rings. The maximum Gasteiger partial charge on any atom is 0.0534 e. The first-order valence-electron chi connectivity index (χ1n) is 5.42. The first-order valence-corrected chi connectivity index (χ1v) is 5.42. The highest BCUT2D eigenvalue weighted by Crippen LogP contribution is 2.47. The standard InChI is InChI=1S/C11H19N3.ClH/c1-3-11(4-5-11)9-12-6-10-7-13-14(2)8-10;/h7-8,12H,3-6,9H2,1-2H3;1H. The van der Waals surface area contributed by atoms with Crippen LogP contribution in [-0.2, 0) is 13.6 Å². The van der Waals surface area contributed by atoms with E-state index in [1.54, 1.807) is 0 Å². The molecule has 0 radical (unpaired) electrons. The fourth-order valence-electron chi connectivity index (χ4n) is 1.87. The van der Waals surface area contributed by atoms with Crippen LogP contribution in [0.3, 0.4) is 0 Å². The Kier molecular flexibility index (Phi) is 4.17. The molecule has 1 aliphatic carbocycles. The van der Waals surface area contributed by atoms with Gasteiger partial charge in [0.1, 0.15) is 0 Å². The van der Waals surface area contributed by atoms with Gasteiger partial charge in [0.05, 0.1) is 6.20 Å². The fourth-order valence-corrected chi connectivity index (χ4v) is 1.87. The number of nitrogens with one attached hydrogen (secondary N) is 1. The Balaban J connectivity index is 0.00000112. The van der Waals surface area contributed by atoms with Gasteiger partial charge in [0.2, 0.25) is 0 Å². The molecule has 1 aliphatic rings. The highest BCUT2D eigenvalue weighted by Gasteiger charge is 2.39. The number of nitrogens with zero attached hydrogens (tertiary/aromatic N) is 2. The van der Waals surface area contributed by atoms with Gasteiger partial charge in [-0.3, -0.25) is 4.68 Å². The summed E-state index contributed by atoms with van der Waals surface area (Å²) in [5, 5.41) is 7.66. The summed E-state index contributed by atoms with van der Waals surface area (Å²) in [5.41, 5.74) is 1.92. The van der Waals surface area contributed by atoms with Gasteiger partial charge in [-0.2, -0.15) is 5.10 Å². The Bertz CT molecular complexity index is 305. The van der Waals surface area contributed by atoms with Crippen molar-refractivity contribution in [2.45, 2.75) is 32.7 Å². The molecule has 0 aliphatic heterocycles. The van der Waals surface area contributed by atoms with Crippen molar-refractivity contribution < 1.29 is 0 Å². The number of aromatic nitrogens is 2. The average Bonchev–Trinajstić information content (AvgIpc) is 2.84. The number of rotatable bonds is 5. The molecule has 1 N–H and O–H groups in total. The number of halogens is 1. The summed E-state index contributed by atoms with van der Waals surface area (Å²) in [6.07, 6.45) is 8.12. The zero-order valence-corrected chi connectivity index (χ0v) is 10.3. The van der Waals surface area contributed by atoms with E-state index in [9.17, 15) is 0 Å². The minimum atomic E-state index is 0. The van der Waals surface area contributed by atoms with Crippen LogP contribution in [0.5, 0.6) is 0 Å². The summed E-state index contributed by atoms with van der Waals surface area (Å²) in [6.45, 7) is 4.41. The number of aryl methyl sites for hydroxylation is 1. The molecule has 86 valence electrons. The Morgan fingerprint density at radius 1 is 1.53 bits per heavy atom. The molecule has 0 amide bonds. The second-order valence-corrected chi connectivity index (χ2v) is 4.48. The largest absolute Gasteiger partial charge is 0.312 e. The van der Waals surface area contributed by atoms with E-state index in [0.717, 1.165) is 6.54 Å². The van der Waals surface area contributed by atoms with Gasteiger partial charge in [-0.15, -0.1) is 12.4 Å². The van der Waals surface area contributed by atoms with Gasteiger partial charge >= 0.3 is 0 Å². The summed E-state index contributed by atoms with van der Waals surface area (Å²) in [5.74, 6) is 0. The molecule has 1 aromatic rings. The molecular weight excluding hydrogens is 210 g/mol. The molecule has 1 aromatic heterocycles. The third-order valence-electron chi connectivity index (χ3n) is 3.29. The van der Waals surface area contributed by atoms with Crippen molar-refractivity contribution in [3.05, 3.63) is 18.0 Å². The quantitative estimate of drug-likeness (QED) is 0.839. The maximum atomic E-state index is 4.14. The molecule has 0 spiro atoms. The van der Waals surface area contributed by atoms with Gasteiger partial charge in [0.15, 0.2) is 0 Å². The van der Waals surface area contributed by atoms with E-state index in [1.165, 1.54) is 31.4 Å². The SMILES string of the molecule is CCC1(CNCc2cnn(C)c2)CC1.Cl. The third kappa shape index (κ3) is 3.21. The zero-order valence-electron chi connectivity index (χ0n) is 9.49. The van der Waals surface area contributed by atoms with Gasteiger partial charge in [0.25, 0.3) is 0 Å². The van der Waals surface area contributed by atoms with Crippen molar-refractivity contribution >= 4 is 12.4 Å². The molecule has 0 bridgehead atoms. The lowest BCUT2D eigenvalue weighted by molar-refractivity contribution is 0.443. The molecule has 4 heteroatoms. The number of hydrogen-bond acceptors (Lipinski definition) is 2. The van der Waals surface area contributed by atoms with Gasteiger partial charge in [-0.25, -0.2) is 0 Å². The van der Waals surface area contributed by atoms with Crippen LogP contribution >= 0.6 is 12.4 Å². The minimum absolute atomic E-state index is 0. The second kappa shape index (κ2) is 4.99. The lowest BCUT2D eigenvalue weighted by Crippen LogP contribution is -2.22. The zero-order chi connectivity index (χ0) is 10.0. The summed E-state index contributed by atoms with van der Waals surface area (Å²) in [7, 11) is 1.96. The van der Waals surface area contributed by atoms with Crippen molar-refractivity contribution in [2.24, 2.45) is 12.5 Å². The van der Waals surface area contributed by atoms with E-state index in [0.29, 0.717) is 5.41 Å². The Morgan fingerprint density at radius 3 is 2.73 bits per heavy atom. The van der Waals surface area contributed by atoms with Crippen LogP contribution in [0.1, 0.15) is 31.7 Å². The van der Waals surface area contributed by atoms with Crippen LogP contribution in [0.4, 0.5) is 0 Å². The van der Waals surface area contributed by atoms with Crippen molar-refractivity contribution in [3.63, 3.8) is 0 Å². The van der Waals surface area contributed by atoms with Gasteiger partial charge in [-0.05, 0) is 24.7 Å². The Labute approximate surface area is 97.7 Å². The molecule has 15 heavy (non-hydrogen) atoms. The lowest BCUT2D eigenvalue weighted by atomic mass is 10.0. The van der Waals surface area contributed by atoms with E-state index in [1.807, 2.05) is 17.9 Å². The summed E-state index contributed by atoms with van der Waals surface area (Å²) in [4.78, 5) is 0. The first-order chi connectivity index (χ1) is 6.74. The maximum absolute atomic E-state index is 4.14. The first kappa shape index (κ1) is 12.5. The summed E-state index contributed by atoms with van der Waals surface area (Å²) in [6, 6.07) is 0. The van der Waals surface area contributed by atoms with Crippen LogP contribution in [0.25, 0.3) is 0 Å². The second-order valence-electron chi connectivity index (χ2n) is 4.48. The van der Waals surface area contributed by atoms with Crippen molar-refractivity contribution in [2.75, 3.05) is 6.54 Å². The number of hydrogen-bond donors (Lipinski definition) is 1. The van der Waals surface area contributed by atoms with Crippen molar-refractivity contribution in [1.82, 2.24) is 15.1 Å². The normalized spacial score (nSPS) is 17.2. The van der Waals surface area contributed by atoms with E-state index in [-0.39, 0.29) is 12.4 Å². The van der Waals surface area contributed by atoms with Crippen LogP contribution in [0.15, 0.2) is 12.4 Å². The third-order valence-corrected chi connectivity index (χ3v) is 3.29. The topological polar surface area (TPSA) is 29.9 Å². The van der Waals surface area contributed by atoms with Crippen LogP contribution in [0.2, 0.25) is 0 Å². The Morgan fingerprint density at radius 2 is 2.27 bits per heavy atom. The highest BCUT2D eigenvalue weighted by molar-refractivity contribution is 5.85. The van der Waals surface area contributed by atoms with Crippen molar-refractivity contribution in [1.29, 1.82) is 0 Å². The Hall–Kier alpha value is -0.540.